The predicted molar refractivity (Wildman–Crippen MR) is 72.6 cm³/mol. The molecule has 1 aromatic rings. The van der Waals surface area contributed by atoms with Crippen LogP contribution in [0.3, 0.4) is 0 Å². The number of carbonyl (C=O) groups is 2. The zero-order valence-corrected chi connectivity index (χ0v) is 11.3. The van der Waals surface area contributed by atoms with Gasteiger partial charge in [-0.05, 0) is 32.9 Å². The Morgan fingerprint density at radius 1 is 1.17 bits per heavy atom. The third kappa shape index (κ3) is 4.20. The van der Waals surface area contributed by atoms with Crippen LogP contribution < -0.4 is 10.6 Å². The minimum atomic E-state index is -0.307. The van der Waals surface area contributed by atoms with Gasteiger partial charge in [0.1, 0.15) is 0 Å². The maximum Gasteiger partial charge on any atom is 0.253 e. The maximum absolute atomic E-state index is 12.1. The number of para-hydroxylation sites is 1. The number of rotatable bonds is 3. The van der Waals surface area contributed by atoms with Crippen molar-refractivity contribution in [2.75, 3.05) is 5.32 Å². The van der Waals surface area contributed by atoms with Gasteiger partial charge in [0.15, 0.2) is 0 Å². The van der Waals surface area contributed by atoms with E-state index in [2.05, 4.69) is 10.6 Å². The summed E-state index contributed by atoms with van der Waals surface area (Å²) in [5.41, 5.74) is 0.721. The first-order chi connectivity index (χ1) is 8.33. The highest BCUT2D eigenvalue weighted by molar-refractivity contribution is 6.03. The number of amides is 2. The van der Waals surface area contributed by atoms with E-state index >= 15 is 0 Å². The Morgan fingerprint density at radius 2 is 1.78 bits per heavy atom. The van der Waals surface area contributed by atoms with Gasteiger partial charge in [0.05, 0.1) is 11.3 Å². The molecule has 0 aliphatic carbocycles. The van der Waals surface area contributed by atoms with Gasteiger partial charge < -0.3 is 10.6 Å². The van der Waals surface area contributed by atoms with Crippen molar-refractivity contribution in [3.8, 4) is 0 Å². The molecule has 1 rings (SSSR count). The number of carbonyl (C=O) groups excluding carboxylic acids is 2. The van der Waals surface area contributed by atoms with Crippen molar-refractivity contribution in [1.29, 1.82) is 0 Å². The lowest BCUT2D eigenvalue weighted by atomic mass is 10.1. The summed E-state index contributed by atoms with van der Waals surface area (Å²) in [7, 11) is 0. The summed E-state index contributed by atoms with van der Waals surface area (Å²) in [6.45, 7) is 7.52. The van der Waals surface area contributed by atoms with Crippen molar-refractivity contribution < 1.29 is 9.59 Å². The third-order valence-corrected chi connectivity index (χ3v) is 2.26. The third-order valence-electron chi connectivity index (χ3n) is 2.26. The van der Waals surface area contributed by atoms with Crippen LogP contribution in [-0.4, -0.2) is 17.4 Å². The van der Waals surface area contributed by atoms with Crippen LogP contribution in [0, 0.1) is 0 Å². The van der Waals surface area contributed by atoms with E-state index < -0.39 is 0 Å². The van der Waals surface area contributed by atoms with Crippen LogP contribution in [0.1, 0.15) is 44.5 Å². The summed E-state index contributed by atoms with van der Waals surface area (Å²) < 4.78 is 0. The lowest BCUT2D eigenvalue weighted by Gasteiger charge is -2.21. The van der Waals surface area contributed by atoms with Gasteiger partial charge in [0.2, 0.25) is 5.91 Å². The number of hydrogen-bond acceptors (Lipinski definition) is 2. The number of anilines is 1. The summed E-state index contributed by atoms with van der Waals surface area (Å²) in [5.74, 6) is -0.291. The van der Waals surface area contributed by atoms with Crippen LogP contribution in [0.15, 0.2) is 24.3 Å². The molecule has 0 heterocycles. The SMILES string of the molecule is CCC(=O)Nc1ccccc1C(=O)NC(C)(C)C. The normalized spacial score (nSPS) is 10.9. The fourth-order valence-corrected chi connectivity index (χ4v) is 1.44. The molecule has 0 saturated heterocycles. The standard InChI is InChI=1S/C14H20N2O2/c1-5-12(17)15-11-9-7-6-8-10(11)13(18)16-14(2,3)4/h6-9H,5H2,1-4H3,(H,15,17)(H,16,18). The topological polar surface area (TPSA) is 58.2 Å². The average molecular weight is 248 g/mol. The minimum Gasteiger partial charge on any atom is -0.347 e. The minimum absolute atomic E-state index is 0.106. The molecule has 0 saturated carbocycles. The van der Waals surface area contributed by atoms with E-state index in [-0.39, 0.29) is 17.4 Å². The highest BCUT2D eigenvalue weighted by atomic mass is 16.2. The van der Waals surface area contributed by atoms with E-state index in [9.17, 15) is 9.59 Å². The lowest BCUT2D eigenvalue weighted by Crippen LogP contribution is -2.40. The summed E-state index contributed by atoms with van der Waals surface area (Å²) in [6, 6.07) is 7.00. The van der Waals surface area contributed by atoms with Crippen LogP contribution in [0.25, 0.3) is 0 Å². The van der Waals surface area contributed by atoms with Crippen LogP contribution in [0.5, 0.6) is 0 Å². The van der Waals surface area contributed by atoms with Crippen molar-refractivity contribution in [2.45, 2.75) is 39.7 Å². The van der Waals surface area contributed by atoms with Crippen molar-refractivity contribution in [1.82, 2.24) is 5.32 Å². The second-order valence-electron chi connectivity index (χ2n) is 5.15. The number of nitrogens with one attached hydrogen (secondary N) is 2. The summed E-state index contributed by atoms with van der Waals surface area (Å²) in [6.07, 6.45) is 0.384. The molecular weight excluding hydrogens is 228 g/mol. The zero-order chi connectivity index (χ0) is 13.8. The Hall–Kier alpha value is -1.84. The van der Waals surface area contributed by atoms with E-state index in [1.54, 1.807) is 31.2 Å². The smallest absolute Gasteiger partial charge is 0.253 e. The Kier molecular flexibility index (Phi) is 4.48. The molecule has 1 aromatic carbocycles. The van der Waals surface area contributed by atoms with Crippen LogP contribution in [-0.2, 0) is 4.79 Å². The molecule has 0 bridgehead atoms. The van der Waals surface area contributed by atoms with E-state index in [4.69, 9.17) is 0 Å². The van der Waals surface area contributed by atoms with Crippen molar-refractivity contribution in [3.05, 3.63) is 29.8 Å². The summed E-state index contributed by atoms with van der Waals surface area (Å²) in [5, 5.41) is 5.60. The molecular formula is C14H20N2O2. The first-order valence-corrected chi connectivity index (χ1v) is 6.05. The largest absolute Gasteiger partial charge is 0.347 e. The molecule has 4 heteroatoms. The molecule has 0 aromatic heterocycles. The summed E-state index contributed by atoms with van der Waals surface area (Å²) >= 11 is 0. The Morgan fingerprint density at radius 3 is 2.33 bits per heavy atom. The monoisotopic (exact) mass is 248 g/mol. The molecule has 0 unspecified atom stereocenters. The first-order valence-electron chi connectivity index (χ1n) is 6.05. The molecule has 0 fully saturated rings. The average Bonchev–Trinajstić information content (AvgIpc) is 2.27. The molecule has 0 aliphatic heterocycles. The highest BCUT2D eigenvalue weighted by Gasteiger charge is 2.18. The number of hydrogen-bond donors (Lipinski definition) is 2. The van der Waals surface area contributed by atoms with Gasteiger partial charge in [-0.2, -0.15) is 0 Å². The maximum atomic E-state index is 12.1. The molecule has 2 amide bonds. The van der Waals surface area contributed by atoms with Gasteiger partial charge in [0.25, 0.3) is 5.91 Å². The fourth-order valence-electron chi connectivity index (χ4n) is 1.44. The molecule has 2 N–H and O–H groups in total. The van der Waals surface area contributed by atoms with Gasteiger partial charge >= 0.3 is 0 Å². The summed E-state index contributed by atoms with van der Waals surface area (Å²) in [4.78, 5) is 23.5. The predicted octanol–water partition coefficient (Wildman–Crippen LogP) is 2.56. The van der Waals surface area contributed by atoms with Crippen LogP contribution in [0.4, 0.5) is 5.69 Å². The van der Waals surface area contributed by atoms with Crippen molar-refractivity contribution in [2.24, 2.45) is 0 Å². The van der Waals surface area contributed by atoms with Crippen LogP contribution in [0.2, 0.25) is 0 Å². The van der Waals surface area contributed by atoms with Crippen molar-refractivity contribution in [3.63, 3.8) is 0 Å². The van der Waals surface area contributed by atoms with Crippen molar-refractivity contribution >= 4 is 17.5 Å². The number of benzene rings is 1. The second-order valence-corrected chi connectivity index (χ2v) is 5.15. The quantitative estimate of drug-likeness (QED) is 0.863. The van der Waals surface area contributed by atoms with E-state index in [1.165, 1.54) is 0 Å². The van der Waals surface area contributed by atoms with Gasteiger partial charge in [-0.25, -0.2) is 0 Å². The molecule has 18 heavy (non-hydrogen) atoms. The van der Waals surface area contributed by atoms with E-state index in [0.29, 0.717) is 17.7 Å². The molecule has 0 aliphatic rings. The molecule has 0 atom stereocenters. The van der Waals surface area contributed by atoms with E-state index in [1.807, 2.05) is 20.8 Å². The Balaban J connectivity index is 2.94. The van der Waals surface area contributed by atoms with E-state index in [0.717, 1.165) is 0 Å². The van der Waals surface area contributed by atoms with Crippen LogP contribution >= 0.6 is 0 Å². The Bertz CT molecular complexity index is 447. The van der Waals surface area contributed by atoms with Gasteiger partial charge in [-0.3, -0.25) is 9.59 Å². The highest BCUT2D eigenvalue weighted by Crippen LogP contribution is 2.16. The van der Waals surface area contributed by atoms with Gasteiger partial charge in [-0.15, -0.1) is 0 Å². The molecule has 0 radical (unpaired) electrons. The first kappa shape index (κ1) is 14.2. The van der Waals surface area contributed by atoms with Gasteiger partial charge in [0, 0.05) is 12.0 Å². The molecule has 0 spiro atoms. The fraction of sp³-hybridized carbons (Fsp3) is 0.429. The lowest BCUT2D eigenvalue weighted by molar-refractivity contribution is -0.115. The molecule has 4 nitrogen and oxygen atoms in total. The molecule has 98 valence electrons. The Labute approximate surface area is 108 Å². The van der Waals surface area contributed by atoms with Gasteiger partial charge in [-0.1, -0.05) is 19.1 Å². The second kappa shape index (κ2) is 5.67. The zero-order valence-electron chi connectivity index (χ0n) is 11.3.